The molecule has 0 unspecified atom stereocenters. The molecule has 0 aliphatic rings. The van der Waals surface area contributed by atoms with Crippen LogP contribution in [-0.4, -0.2) is 21.7 Å². The molecular weight excluding hydrogens is 204 g/mol. The molecule has 1 heterocycles. The smallest absolute Gasteiger partial charge is 0.341 e. The van der Waals surface area contributed by atoms with E-state index in [1.165, 1.54) is 8.52 Å². The molecule has 0 bridgehead atoms. The average Bonchev–Trinajstić information content (AvgIpc) is 2.45. The van der Waals surface area contributed by atoms with E-state index < -0.39 is 0 Å². The number of nitrogens with zero attached hydrogens (tertiary/aromatic N) is 2. The van der Waals surface area contributed by atoms with E-state index in [0.717, 1.165) is 11.5 Å². The zero-order chi connectivity index (χ0) is 10.6. The van der Waals surface area contributed by atoms with Crippen molar-refractivity contribution in [2.45, 2.75) is 26.9 Å². The van der Waals surface area contributed by atoms with Gasteiger partial charge in [-0.2, -0.15) is 0 Å². The Morgan fingerprint density at radius 2 is 2.07 bits per heavy atom. The molecule has 1 aromatic rings. The van der Waals surface area contributed by atoms with E-state index in [1.54, 1.807) is 0 Å². The highest BCUT2D eigenvalue weighted by molar-refractivity contribution is 7.03. The van der Waals surface area contributed by atoms with Crippen molar-refractivity contribution in [1.29, 1.82) is 0 Å². The van der Waals surface area contributed by atoms with Gasteiger partial charge in [-0.05, 0) is 13.8 Å². The van der Waals surface area contributed by atoms with Gasteiger partial charge in [0.25, 0.3) is 0 Å². The van der Waals surface area contributed by atoms with Crippen molar-refractivity contribution in [2.24, 2.45) is 0 Å². The average molecular weight is 218 g/mol. The highest BCUT2D eigenvalue weighted by Gasteiger charge is 2.07. The molecule has 6 heteroatoms. The molecule has 0 saturated heterocycles. The lowest BCUT2D eigenvalue weighted by Gasteiger charge is -1.99. The summed E-state index contributed by atoms with van der Waals surface area (Å²) in [5.74, 6) is 0. The van der Waals surface area contributed by atoms with Crippen LogP contribution < -0.4 is 10.6 Å². The molecule has 0 radical (unpaired) electrons. The lowest BCUT2D eigenvalue weighted by Crippen LogP contribution is -2.30. The molecule has 0 N–H and O–H groups in total. The van der Waals surface area contributed by atoms with Gasteiger partial charge >= 0.3 is 10.6 Å². The molecule has 0 amide bonds. The zero-order valence-electron chi connectivity index (χ0n) is 8.36. The molecule has 1 aromatic heterocycles. The molecule has 80 valence electrons. The molecular formula is C8H14N2O3S. The third kappa shape index (κ3) is 2.33. The second kappa shape index (κ2) is 5.11. The van der Waals surface area contributed by atoms with Crippen molar-refractivity contribution in [3.8, 4) is 0 Å². The van der Waals surface area contributed by atoms with Crippen LogP contribution in [0.25, 0.3) is 0 Å². The van der Waals surface area contributed by atoms with E-state index in [4.69, 9.17) is 4.74 Å². The Balaban J connectivity index is 2.81. The van der Waals surface area contributed by atoms with Crippen LogP contribution in [0.1, 0.15) is 13.8 Å². The molecule has 0 spiro atoms. The maximum Gasteiger partial charge on any atom is 0.341 e. The lowest BCUT2D eigenvalue weighted by atomic mass is 10.6. The Kier molecular flexibility index (Phi) is 4.09. The number of aryl methyl sites for hydroxylation is 1. The highest BCUT2D eigenvalue weighted by Crippen LogP contribution is 1.86. The molecule has 0 aliphatic heterocycles. The SMILES string of the molecule is CCOCCn1c(=O)sn(CC)c1=O. The Morgan fingerprint density at radius 1 is 1.36 bits per heavy atom. The summed E-state index contributed by atoms with van der Waals surface area (Å²) >= 11 is 0.955. The number of aromatic nitrogens is 2. The van der Waals surface area contributed by atoms with Gasteiger partial charge in [0.05, 0.1) is 13.2 Å². The minimum Gasteiger partial charge on any atom is -0.380 e. The third-order valence-electron chi connectivity index (χ3n) is 1.80. The predicted octanol–water partition coefficient (Wildman–Crippen LogP) is 0.128. The van der Waals surface area contributed by atoms with Crippen molar-refractivity contribution in [3.63, 3.8) is 0 Å². The minimum absolute atomic E-state index is 0.212. The molecule has 0 aromatic carbocycles. The van der Waals surface area contributed by atoms with Crippen LogP contribution in [0, 0.1) is 0 Å². The molecule has 0 fully saturated rings. The summed E-state index contributed by atoms with van der Waals surface area (Å²) in [7, 11) is 0. The van der Waals surface area contributed by atoms with Gasteiger partial charge in [-0.1, -0.05) is 0 Å². The zero-order valence-corrected chi connectivity index (χ0v) is 9.17. The monoisotopic (exact) mass is 218 g/mol. The largest absolute Gasteiger partial charge is 0.380 e. The summed E-state index contributed by atoms with van der Waals surface area (Å²) in [4.78, 5) is 22.6. The molecule has 1 rings (SSSR count). The van der Waals surface area contributed by atoms with Gasteiger partial charge in [0, 0.05) is 24.7 Å². The summed E-state index contributed by atoms with van der Waals surface area (Å²) in [6.07, 6.45) is 0. The van der Waals surface area contributed by atoms with E-state index in [0.29, 0.717) is 26.3 Å². The molecule has 5 nitrogen and oxygen atoms in total. The summed E-state index contributed by atoms with van der Waals surface area (Å²) in [5, 5.41) is 0. The van der Waals surface area contributed by atoms with Crippen LogP contribution in [0.4, 0.5) is 0 Å². The molecule has 0 saturated carbocycles. The van der Waals surface area contributed by atoms with Crippen LogP contribution in [0.15, 0.2) is 9.59 Å². The van der Waals surface area contributed by atoms with Crippen molar-refractivity contribution in [2.75, 3.05) is 13.2 Å². The van der Waals surface area contributed by atoms with Gasteiger partial charge in [0.2, 0.25) is 0 Å². The fourth-order valence-electron chi connectivity index (χ4n) is 1.08. The van der Waals surface area contributed by atoms with E-state index in [-0.39, 0.29) is 10.6 Å². The van der Waals surface area contributed by atoms with Gasteiger partial charge in [0.15, 0.2) is 0 Å². The Hall–Kier alpha value is -0.880. The van der Waals surface area contributed by atoms with Crippen molar-refractivity contribution >= 4 is 11.5 Å². The van der Waals surface area contributed by atoms with Crippen molar-refractivity contribution in [3.05, 3.63) is 20.2 Å². The fraction of sp³-hybridized carbons (Fsp3) is 0.750. The van der Waals surface area contributed by atoms with Crippen LogP contribution >= 0.6 is 11.5 Å². The first-order valence-electron chi connectivity index (χ1n) is 4.59. The van der Waals surface area contributed by atoms with Gasteiger partial charge in [-0.25, -0.2) is 13.3 Å². The summed E-state index contributed by atoms with van der Waals surface area (Å²) in [6, 6.07) is 0. The van der Waals surface area contributed by atoms with E-state index in [9.17, 15) is 9.59 Å². The van der Waals surface area contributed by atoms with Gasteiger partial charge in [0.1, 0.15) is 0 Å². The number of hydrogen-bond acceptors (Lipinski definition) is 4. The topological polar surface area (TPSA) is 53.2 Å². The Morgan fingerprint density at radius 3 is 2.57 bits per heavy atom. The second-order valence-electron chi connectivity index (χ2n) is 2.68. The lowest BCUT2D eigenvalue weighted by molar-refractivity contribution is 0.137. The van der Waals surface area contributed by atoms with Crippen LogP contribution in [0.2, 0.25) is 0 Å². The molecule has 0 aliphatic carbocycles. The third-order valence-corrected chi connectivity index (χ3v) is 2.81. The maximum absolute atomic E-state index is 11.5. The summed E-state index contributed by atoms with van der Waals surface area (Å²) < 4.78 is 7.74. The van der Waals surface area contributed by atoms with Crippen LogP contribution in [-0.2, 0) is 17.8 Å². The van der Waals surface area contributed by atoms with Crippen LogP contribution in [0.5, 0.6) is 0 Å². The fourth-order valence-corrected chi connectivity index (χ4v) is 1.84. The first kappa shape index (κ1) is 11.2. The van der Waals surface area contributed by atoms with Gasteiger partial charge in [-0.15, -0.1) is 0 Å². The van der Waals surface area contributed by atoms with Gasteiger partial charge < -0.3 is 4.74 Å². The Labute approximate surface area is 85.7 Å². The summed E-state index contributed by atoms with van der Waals surface area (Å²) in [5.41, 5.74) is -0.234. The van der Waals surface area contributed by atoms with E-state index in [2.05, 4.69) is 0 Å². The quantitative estimate of drug-likeness (QED) is 0.660. The first-order chi connectivity index (χ1) is 6.70. The van der Waals surface area contributed by atoms with E-state index in [1.807, 2.05) is 13.8 Å². The van der Waals surface area contributed by atoms with Crippen molar-refractivity contribution in [1.82, 2.24) is 8.52 Å². The number of rotatable bonds is 5. The number of hydrogen-bond donors (Lipinski definition) is 0. The number of ether oxygens (including phenoxy) is 1. The Bertz CT molecular complexity index is 390. The predicted molar refractivity (Wildman–Crippen MR) is 55.0 cm³/mol. The van der Waals surface area contributed by atoms with Crippen molar-refractivity contribution < 1.29 is 4.74 Å². The first-order valence-corrected chi connectivity index (χ1v) is 5.36. The van der Waals surface area contributed by atoms with Gasteiger partial charge in [-0.3, -0.25) is 4.79 Å². The standard InChI is InChI=1S/C8H14N2O3S/c1-3-10-7(11)9(8(12)14-10)5-6-13-4-2/h3-6H2,1-2H3. The molecule has 0 atom stereocenters. The second-order valence-corrected chi connectivity index (χ2v) is 3.66. The maximum atomic E-state index is 11.5. The highest BCUT2D eigenvalue weighted by atomic mass is 32.1. The van der Waals surface area contributed by atoms with E-state index >= 15 is 0 Å². The normalized spacial score (nSPS) is 10.7. The molecule has 14 heavy (non-hydrogen) atoms. The minimum atomic E-state index is -0.234. The van der Waals surface area contributed by atoms with Crippen LogP contribution in [0.3, 0.4) is 0 Å². The summed E-state index contributed by atoms with van der Waals surface area (Å²) in [6.45, 7) is 5.60.